The Balaban J connectivity index is 1.83. The average Bonchev–Trinajstić information content (AvgIpc) is 3.16. The zero-order chi connectivity index (χ0) is 19.0. The third-order valence-corrected chi connectivity index (χ3v) is 6.08. The molecule has 0 bridgehead atoms. The van der Waals surface area contributed by atoms with E-state index in [0.717, 1.165) is 30.4 Å². The first-order valence-electron chi connectivity index (χ1n) is 9.16. The number of hydrogen-bond donors (Lipinski definition) is 0. The Hall–Kier alpha value is -2.67. The fourth-order valence-electron chi connectivity index (χ4n) is 3.74. The van der Waals surface area contributed by atoms with Gasteiger partial charge in [-0.05, 0) is 49.8 Å². The van der Waals surface area contributed by atoms with Crippen LogP contribution in [-0.2, 0) is 11.3 Å². The fraction of sp³-hybridized carbons (Fsp3) is 0.350. The van der Waals surface area contributed by atoms with Crippen LogP contribution >= 0.6 is 11.3 Å². The highest BCUT2D eigenvalue weighted by atomic mass is 32.1. The van der Waals surface area contributed by atoms with E-state index in [1.165, 1.54) is 15.9 Å². The van der Waals surface area contributed by atoms with E-state index in [1.54, 1.807) is 35.7 Å². The number of carbonyl (C=O) groups is 1. The lowest BCUT2D eigenvalue weighted by Gasteiger charge is -2.33. The van der Waals surface area contributed by atoms with Crippen molar-refractivity contribution in [3.63, 3.8) is 0 Å². The summed E-state index contributed by atoms with van der Waals surface area (Å²) in [5.74, 6) is -0.0740. The first-order chi connectivity index (χ1) is 13.1. The molecule has 140 valence electrons. The second kappa shape index (κ2) is 7.15. The maximum absolute atomic E-state index is 13.2. The van der Waals surface area contributed by atoms with Crippen LogP contribution in [0.2, 0.25) is 0 Å². The molecule has 4 rings (SSSR count). The predicted molar refractivity (Wildman–Crippen MR) is 107 cm³/mol. The quantitative estimate of drug-likeness (QED) is 0.698. The van der Waals surface area contributed by atoms with Gasteiger partial charge in [0.25, 0.3) is 5.56 Å². The van der Waals surface area contributed by atoms with Crippen LogP contribution in [0.4, 0.5) is 0 Å². The second-order valence-corrected chi connectivity index (χ2v) is 7.83. The lowest BCUT2D eigenvalue weighted by molar-refractivity contribution is -0.135. The largest absolute Gasteiger partial charge is 0.338 e. The molecule has 0 unspecified atom stereocenters. The van der Waals surface area contributed by atoms with Gasteiger partial charge in [-0.25, -0.2) is 9.36 Å². The second-order valence-electron chi connectivity index (χ2n) is 6.91. The maximum Gasteiger partial charge on any atom is 0.336 e. The van der Waals surface area contributed by atoms with Crippen molar-refractivity contribution in [3.05, 3.63) is 62.6 Å². The molecular weight excluding hydrogens is 362 g/mol. The van der Waals surface area contributed by atoms with Gasteiger partial charge in [0.1, 0.15) is 11.2 Å². The van der Waals surface area contributed by atoms with Crippen LogP contribution in [0.25, 0.3) is 15.9 Å². The molecule has 0 aliphatic carbocycles. The van der Waals surface area contributed by atoms with Gasteiger partial charge < -0.3 is 4.90 Å². The number of thiophene rings is 1. The molecule has 7 heteroatoms. The molecule has 0 spiro atoms. The fourth-order valence-corrected chi connectivity index (χ4v) is 4.56. The summed E-state index contributed by atoms with van der Waals surface area (Å²) in [5.41, 5.74) is 0.219. The molecule has 1 aliphatic rings. The summed E-state index contributed by atoms with van der Waals surface area (Å²) in [7, 11) is 0. The van der Waals surface area contributed by atoms with Gasteiger partial charge in [0.15, 0.2) is 0 Å². The van der Waals surface area contributed by atoms with Gasteiger partial charge in [-0.15, -0.1) is 11.3 Å². The van der Waals surface area contributed by atoms with E-state index in [9.17, 15) is 14.4 Å². The first kappa shape index (κ1) is 17.7. The Kier molecular flexibility index (Phi) is 4.70. The summed E-state index contributed by atoms with van der Waals surface area (Å²) in [6, 6.07) is 10.8. The topological polar surface area (TPSA) is 64.3 Å². The Labute approximate surface area is 160 Å². The molecule has 1 saturated heterocycles. The Morgan fingerprint density at radius 1 is 1.15 bits per heavy atom. The summed E-state index contributed by atoms with van der Waals surface area (Å²) < 4.78 is 3.08. The Morgan fingerprint density at radius 2 is 1.93 bits per heavy atom. The van der Waals surface area contributed by atoms with Crippen LogP contribution in [0.15, 0.2) is 51.4 Å². The van der Waals surface area contributed by atoms with Crippen LogP contribution in [0, 0.1) is 0 Å². The van der Waals surface area contributed by atoms with Crippen LogP contribution < -0.4 is 11.2 Å². The number of amides is 1. The van der Waals surface area contributed by atoms with Gasteiger partial charge in [0.05, 0.1) is 11.2 Å². The maximum atomic E-state index is 13.2. The smallest absolute Gasteiger partial charge is 0.336 e. The Morgan fingerprint density at radius 3 is 2.67 bits per heavy atom. The summed E-state index contributed by atoms with van der Waals surface area (Å²) in [5, 5.41) is 1.78. The third-order valence-electron chi connectivity index (χ3n) is 5.19. The van der Waals surface area contributed by atoms with Gasteiger partial charge in [0, 0.05) is 12.6 Å². The molecule has 1 fully saturated rings. The number of benzene rings is 1. The lowest BCUT2D eigenvalue weighted by atomic mass is 10.0. The number of carbonyl (C=O) groups excluding carboxylic acids is 1. The van der Waals surface area contributed by atoms with Crippen LogP contribution in [0.5, 0.6) is 0 Å². The van der Waals surface area contributed by atoms with Crippen molar-refractivity contribution in [1.82, 2.24) is 14.0 Å². The van der Waals surface area contributed by atoms with Crippen LogP contribution in [-0.4, -0.2) is 32.5 Å². The number of aromatic nitrogens is 2. The van der Waals surface area contributed by atoms with Crippen LogP contribution in [0.1, 0.15) is 26.2 Å². The molecule has 1 amide bonds. The van der Waals surface area contributed by atoms with Gasteiger partial charge >= 0.3 is 5.69 Å². The van der Waals surface area contributed by atoms with Crippen molar-refractivity contribution in [2.75, 3.05) is 6.54 Å². The molecule has 1 aromatic carbocycles. The molecule has 6 nitrogen and oxygen atoms in total. The summed E-state index contributed by atoms with van der Waals surface area (Å²) in [6.45, 7) is 2.72. The SMILES string of the molecule is C[C@@H]1CCCCN1C(=O)Cn1c(=O)n(-c2ccccc2)c(=O)c2sccc21. The monoisotopic (exact) mass is 383 g/mol. The van der Waals surface area contributed by atoms with E-state index < -0.39 is 5.69 Å². The lowest BCUT2D eigenvalue weighted by Crippen LogP contribution is -2.46. The minimum absolute atomic E-state index is 0.0521. The summed E-state index contributed by atoms with van der Waals surface area (Å²) in [4.78, 5) is 40.8. The standard InChI is InChI=1S/C20H21N3O3S/c1-14-7-5-6-11-21(14)17(24)13-22-16-10-12-27-18(16)19(25)23(20(22)26)15-8-3-2-4-9-15/h2-4,8-10,12,14H,5-7,11,13H2,1H3/t14-/m1/s1. The van der Waals surface area contributed by atoms with E-state index >= 15 is 0 Å². The van der Waals surface area contributed by atoms with E-state index in [2.05, 4.69) is 0 Å². The number of likely N-dealkylation sites (tertiary alicyclic amines) is 1. The van der Waals surface area contributed by atoms with Gasteiger partial charge in [-0.1, -0.05) is 18.2 Å². The zero-order valence-corrected chi connectivity index (χ0v) is 15.9. The molecule has 3 heterocycles. The molecule has 1 aliphatic heterocycles. The minimum Gasteiger partial charge on any atom is -0.338 e. The molecular formula is C20H21N3O3S. The van der Waals surface area contributed by atoms with Gasteiger partial charge in [-0.3, -0.25) is 14.2 Å². The van der Waals surface area contributed by atoms with E-state index in [-0.39, 0.29) is 24.1 Å². The van der Waals surface area contributed by atoms with Crippen molar-refractivity contribution < 1.29 is 4.79 Å². The van der Waals surface area contributed by atoms with Crippen molar-refractivity contribution in [3.8, 4) is 5.69 Å². The molecule has 0 saturated carbocycles. The number of fused-ring (bicyclic) bond motifs is 1. The summed E-state index contributed by atoms with van der Waals surface area (Å²) >= 11 is 1.29. The number of nitrogens with zero attached hydrogens (tertiary/aromatic N) is 3. The average molecular weight is 383 g/mol. The molecule has 27 heavy (non-hydrogen) atoms. The van der Waals surface area contributed by atoms with Crippen LogP contribution in [0.3, 0.4) is 0 Å². The molecule has 1 atom stereocenters. The molecule has 2 aromatic heterocycles. The zero-order valence-electron chi connectivity index (χ0n) is 15.1. The Bertz CT molecular complexity index is 1100. The highest BCUT2D eigenvalue weighted by Gasteiger charge is 2.25. The van der Waals surface area contributed by atoms with Crippen molar-refractivity contribution in [2.24, 2.45) is 0 Å². The van der Waals surface area contributed by atoms with Gasteiger partial charge in [0.2, 0.25) is 5.91 Å². The third kappa shape index (κ3) is 3.12. The van der Waals surface area contributed by atoms with Crippen molar-refractivity contribution in [1.29, 1.82) is 0 Å². The predicted octanol–water partition coefficient (Wildman–Crippen LogP) is 2.61. The van der Waals surface area contributed by atoms with Crippen molar-refractivity contribution >= 4 is 27.5 Å². The number of hydrogen-bond acceptors (Lipinski definition) is 4. The number of para-hydroxylation sites is 1. The van der Waals surface area contributed by atoms with E-state index in [4.69, 9.17) is 0 Å². The van der Waals surface area contributed by atoms with E-state index in [1.807, 2.05) is 17.9 Å². The minimum atomic E-state index is -0.477. The first-order valence-corrected chi connectivity index (χ1v) is 10.0. The summed E-state index contributed by atoms with van der Waals surface area (Å²) in [6.07, 6.45) is 3.10. The molecule has 0 N–H and O–H groups in total. The van der Waals surface area contributed by atoms with Crippen molar-refractivity contribution in [2.45, 2.75) is 38.8 Å². The molecule has 3 aromatic rings. The number of rotatable bonds is 3. The highest BCUT2D eigenvalue weighted by molar-refractivity contribution is 7.17. The van der Waals surface area contributed by atoms with Gasteiger partial charge in [-0.2, -0.15) is 0 Å². The molecule has 0 radical (unpaired) electrons. The number of piperidine rings is 1. The van der Waals surface area contributed by atoms with E-state index in [0.29, 0.717) is 15.9 Å². The highest BCUT2D eigenvalue weighted by Crippen LogP contribution is 2.19. The normalized spacial score (nSPS) is 17.4.